The highest BCUT2D eigenvalue weighted by Gasteiger charge is 2.28. The molecule has 0 unspecified atom stereocenters. The number of piperidine rings is 1. The van der Waals surface area contributed by atoms with Crippen molar-refractivity contribution in [3.63, 3.8) is 0 Å². The molecule has 0 aromatic heterocycles. The summed E-state index contributed by atoms with van der Waals surface area (Å²) >= 11 is 0. The SMILES string of the molecule is COC(=O)C[C@H]1CNCC[C@H]1CNC(=O)OC(C)(C)C. The van der Waals surface area contributed by atoms with Gasteiger partial charge in [-0.2, -0.15) is 0 Å². The smallest absolute Gasteiger partial charge is 0.407 e. The van der Waals surface area contributed by atoms with E-state index >= 15 is 0 Å². The van der Waals surface area contributed by atoms with Gasteiger partial charge in [-0.25, -0.2) is 4.79 Å². The zero-order valence-electron chi connectivity index (χ0n) is 12.8. The molecule has 1 aliphatic heterocycles. The van der Waals surface area contributed by atoms with Gasteiger partial charge in [-0.1, -0.05) is 0 Å². The first-order valence-corrected chi connectivity index (χ1v) is 7.06. The Balaban J connectivity index is 2.42. The van der Waals surface area contributed by atoms with E-state index in [4.69, 9.17) is 9.47 Å². The summed E-state index contributed by atoms with van der Waals surface area (Å²) in [6.45, 7) is 7.69. The summed E-state index contributed by atoms with van der Waals surface area (Å²) in [5, 5.41) is 6.06. The predicted molar refractivity (Wildman–Crippen MR) is 75.3 cm³/mol. The number of carbonyl (C=O) groups excluding carboxylic acids is 2. The second kappa shape index (κ2) is 7.47. The first-order valence-electron chi connectivity index (χ1n) is 7.06. The van der Waals surface area contributed by atoms with Crippen molar-refractivity contribution >= 4 is 12.1 Å². The molecule has 0 aliphatic carbocycles. The average Bonchev–Trinajstić information content (AvgIpc) is 2.35. The number of amides is 1. The molecule has 20 heavy (non-hydrogen) atoms. The largest absolute Gasteiger partial charge is 0.469 e. The van der Waals surface area contributed by atoms with Gasteiger partial charge in [0.2, 0.25) is 0 Å². The maximum atomic E-state index is 11.6. The lowest BCUT2D eigenvalue weighted by Gasteiger charge is -2.32. The molecule has 1 aliphatic rings. The summed E-state index contributed by atoms with van der Waals surface area (Å²) < 4.78 is 9.92. The highest BCUT2D eigenvalue weighted by Crippen LogP contribution is 2.22. The molecule has 2 N–H and O–H groups in total. The van der Waals surface area contributed by atoms with Crippen molar-refractivity contribution in [2.24, 2.45) is 11.8 Å². The van der Waals surface area contributed by atoms with Crippen LogP contribution in [0.5, 0.6) is 0 Å². The summed E-state index contributed by atoms with van der Waals surface area (Å²) in [7, 11) is 1.40. The van der Waals surface area contributed by atoms with E-state index in [1.807, 2.05) is 20.8 Å². The Kier molecular flexibility index (Phi) is 6.26. The first kappa shape index (κ1) is 16.8. The molecular weight excluding hydrogens is 260 g/mol. The maximum Gasteiger partial charge on any atom is 0.407 e. The highest BCUT2D eigenvalue weighted by atomic mass is 16.6. The minimum atomic E-state index is -0.496. The number of methoxy groups -OCH3 is 1. The van der Waals surface area contributed by atoms with Crippen molar-refractivity contribution in [3.05, 3.63) is 0 Å². The van der Waals surface area contributed by atoms with Gasteiger partial charge in [0.15, 0.2) is 0 Å². The summed E-state index contributed by atoms with van der Waals surface area (Å²) in [5.74, 6) is 0.245. The van der Waals surface area contributed by atoms with E-state index in [-0.39, 0.29) is 17.8 Å². The third-order valence-corrected chi connectivity index (χ3v) is 3.33. The molecule has 1 rings (SSSR count). The van der Waals surface area contributed by atoms with Gasteiger partial charge in [0, 0.05) is 13.0 Å². The van der Waals surface area contributed by atoms with Crippen molar-refractivity contribution in [1.29, 1.82) is 0 Å². The second-order valence-corrected chi connectivity index (χ2v) is 6.18. The molecule has 1 heterocycles. The lowest BCUT2D eigenvalue weighted by molar-refractivity contribution is -0.142. The third-order valence-electron chi connectivity index (χ3n) is 3.33. The van der Waals surface area contributed by atoms with Gasteiger partial charge in [0.1, 0.15) is 5.60 Å². The Bertz CT molecular complexity index is 339. The molecule has 1 saturated heterocycles. The van der Waals surface area contributed by atoms with Gasteiger partial charge in [0.25, 0.3) is 0 Å². The Morgan fingerprint density at radius 3 is 2.60 bits per heavy atom. The summed E-state index contributed by atoms with van der Waals surface area (Å²) in [5.41, 5.74) is -0.496. The fraction of sp³-hybridized carbons (Fsp3) is 0.857. The van der Waals surface area contributed by atoms with Crippen molar-refractivity contribution in [2.45, 2.75) is 39.2 Å². The molecule has 0 bridgehead atoms. The standard InChI is InChI=1S/C14H26N2O4/c1-14(2,3)20-13(18)16-9-10-5-6-15-8-11(10)7-12(17)19-4/h10-11,15H,5-9H2,1-4H3,(H,16,18)/t10-,11-/m0/s1. The van der Waals surface area contributed by atoms with Gasteiger partial charge in [-0.15, -0.1) is 0 Å². The summed E-state index contributed by atoms with van der Waals surface area (Å²) in [6, 6.07) is 0. The van der Waals surface area contributed by atoms with Crippen LogP contribution in [-0.4, -0.2) is 44.4 Å². The van der Waals surface area contributed by atoms with Crippen LogP contribution < -0.4 is 10.6 Å². The molecule has 6 nitrogen and oxygen atoms in total. The Hall–Kier alpha value is -1.30. The molecule has 0 radical (unpaired) electrons. The zero-order valence-corrected chi connectivity index (χ0v) is 12.8. The number of hydrogen-bond acceptors (Lipinski definition) is 5. The van der Waals surface area contributed by atoms with E-state index in [2.05, 4.69) is 10.6 Å². The van der Waals surface area contributed by atoms with Crippen molar-refractivity contribution in [1.82, 2.24) is 10.6 Å². The molecule has 1 fully saturated rings. The van der Waals surface area contributed by atoms with Crippen LogP contribution in [0.25, 0.3) is 0 Å². The Labute approximate surface area is 120 Å². The van der Waals surface area contributed by atoms with E-state index in [0.29, 0.717) is 13.0 Å². The minimum absolute atomic E-state index is 0.186. The third kappa shape index (κ3) is 6.23. The van der Waals surface area contributed by atoms with Crippen LogP contribution >= 0.6 is 0 Å². The van der Waals surface area contributed by atoms with Gasteiger partial charge in [-0.3, -0.25) is 4.79 Å². The van der Waals surface area contributed by atoms with E-state index in [9.17, 15) is 9.59 Å². The number of carbonyl (C=O) groups is 2. The maximum absolute atomic E-state index is 11.6. The second-order valence-electron chi connectivity index (χ2n) is 6.18. The quantitative estimate of drug-likeness (QED) is 0.762. The average molecular weight is 286 g/mol. The van der Waals surface area contributed by atoms with E-state index < -0.39 is 11.7 Å². The van der Waals surface area contributed by atoms with Gasteiger partial charge < -0.3 is 20.1 Å². The van der Waals surface area contributed by atoms with Crippen LogP contribution in [0, 0.1) is 11.8 Å². The van der Waals surface area contributed by atoms with Crippen LogP contribution in [0.15, 0.2) is 0 Å². The summed E-state index contributed by atoms with van der Waals surface area (Å²) in [6.07, 6.45) is 0.898. The number of hydrogen-bond donors (Lipinski definition) is 2. The number of rotatable bonds is 4. The molecule has 0 aromatic carbocycles. The molecule has 116 valence electrons. The number of esters is 1. The van der Waals surface area contributed by atoms with E-state index in [0.717, 1.165) is 19.5 Å². The predicted octanol–water partition coefficient (Wildman–Crippen LogP) is 1.30. The Morgan fingerprint density at radius 1 is 1.30 bits per heavy atom. The fourth-order valence-electron chi connectivity index (χ4n) is 2.31. The van der Waals surface area contributed by atoms with E-state index in [1.54, 1.807) is 0 Å². The van der Waals surface area contributed by atoms with Crippen LogP contribution in [-0.2, 0) is 14.3 Å². The summed E-state index contributed by atoms with van der Waals surface area (Å²) in [4.78, 5) is 23.0. The van der Waals surface area contributed by atoms with Crippen LogP contribution in [0.1, 0.15) is 33.6 Å². The molecular formula is C14H26N2O4. The topological polar surface area (TPSA) is 76.7 Å². The number of ether oxygens (including phenoxy) is 2. The highest BCUT2D eigenvalue weighted by molar-refractivity contribution is 5.69. The number of nitrogens with one attached hydrogen (secondary N) is 2. The van der Waals surface area contributed by atoms with E-state index in [1.165, 1.54) is 7.11 Å². The van der Waals surface area contributed by atoms with Crippen LogP contribution in [0.4, 0.5) is 4.79 Å². The first-order chi connectivity index (χ1) is 9.31. The Morgan fingerprint density at radius 2 is 2.00 bits per heavy atom. The monoisotopic (exact) mass is 286 g/mol. The molecule has 0 saturated carbocycles. The fourth-order valence-corrected chi connectivity index (χ4v) is 2.31. The molecule has 1 amide bonds. The molecule has 0 spiro atoms. The van der Waals surface area contributed by atoms with Gasteiger partial charge in [-0.05, 0) is 52.1 Å². The number of alkyl carbamates (subject to hydrolysis) is 1. The van der Waals surface area contributed by atoms with Crippen molar-refractivity contribution in [2.75, 3.05) is 26.7 Å². The lowest BCUT2D eigenvalue weighted by Crippen LogP contribution is -2.44. The van der Waals surface area contributed by atoms with Gasteiger partial charge in [0.05, 0.1) is 7.11 Å². The minimum Gasteiger partial charge on any atom is -0.469 e. The van der Waals surface area contributed by atoms with Crippen LogP contribution in [0.2, 0.25) is 0 Å². The molecule has 6 heteroatoms. The molecule has 2 atom stereocenters. The van der Waals surface area contributed by atoms with Crippen molar-refractivity contribution in [3.8, 4) is 0 Å². The van der Waals surface area contributed by atoms with Crippen molar-refractivity contribution < 1.29 is 19.1 Å². The normalized spacial score (nSPS) is 23.0. The zero-order chi connectivity index (χ0) is 15.2. The van der Waals surface area contributed by atoms with Gasteiger partial charge >= 0.3 is 12.1 Å². The lowest BCUT2D eigenvalue weighted by atomic mass is 9.84. The van der Waals surface area contributed by atoms with Crippen LogP contribution in [0.3, 0.4) is 0 Å². The molecule has 0 aromatic rings.